The number of nitrogens with zero attached hydrogens (tertiary/aromatic N) is 2. The molecule has 1 fully saturated rings. The molecule has 2 aromatic heterocycles. The predicted octanol–water partition coefficient (Wildman–Crippen LogP) is 5.23. The van der Waals surface area contributed by atoms with Crippen molar-refractivity contribution in [2.45, 2.75) is 19.9 Å². The highest BCUT2D eigenvalue weighted by atomic mass is 32.1. The first-order valence-electron chi connectivity index (χ1n) is 11.0. The van der Waals surface area contributed by atoms with E-state index in [0.717, 1.165) is 4.70 Å². The van der Waals surface area contributed by atoms with E-state index in [-0.39, 0.29) is 11.3 Å². The number of anilines is 1. The summed E-state index contributed by atoms with van der Waals surface area (Å²) in [6.07, 6.45) is 0. The third kappa shape index (κ3) is 3.93. The summed E-state index contributed by atoms with van der Waals surface area (Å²) in [4.78, 5) is 32.5. The van der Waals surface area contributed by atoms with Crippen molar-refractivity contribution >= 4 is 44.1 Å². The Morgan fingerprint density at radius 2 is 1.97 bits per heavy atom. The molecule has 0 radical (unpaired) electrons. The van der Waals surface area contributed by atoms with Crippen LogP contribution in [0.3, 0.4) is 0 Å². The summed E-state index contributed by atoms with van der Waals surface area (Å²) in [5.74, 6) is 0.226. The maximum Gasteiger partial charge on any atom is 0.302 e. The second-order valence-electron chi connectivity index (χ2n) is 7.91. The lowest BCUT2D eigenvalue weighted by molar-refractivity contribution is -0.132. The van der Waals surface area contributed by atoms with E-state index in [1.54, 1.807) is 62.6 Å². The van der Waals surface area contributed by atoms with Crippen molar-refractivity contribution in [3.8, 4) is 11.5 Å². The normalized spacial score (nSPS) is 17.3. The Morgan fingerprint density at radius 3 is 2.69 bits per heavy atom. The number of ether oxygens (including phenoxy) is 2. The zero-order valence-corrected chi connectivity index (χ0v) is 20.1. The van der Waals surface area contributed by atoms with E-state index in [0.29, 0.717) is 45.8 Å². The second kappa shape index (κ2) is 8.92. The Morgan fingerprint density at radius 1 is 1.14 bits per heavy atom. The van der Waals surface area contributed by atoms with Crippen molar-refractivity contribution in [1.82, 2.24) is 4.98 Å². The largest absolute Gasteiger partial charge is 0.507 e. The molecule has 1 atom stereocenters. The summed E-state index contributed by atoms with van der Waals surface area (Å²) in [5, 5.41) is 11.6. The minimum Gasteiger partial charge on any atom is -0.507 e. The first kappa shape index (κ1) is 22.7. The highest BCUT2D eigenvalue weighted by Crippen LogP contribution is 2.45. The van der Waals surface area contributed by atoms with Crippen LogP contribution in [-0.4, -0.2) is 35.5 Å². The maximum atomic E-state index is 13.3. The number of rotatable bonds is 6. The number of aryl methyl sites for hydroxylation is 1. The number of furan rings is 1. The van der Waals surface area contributed by atoms with E-state index in [4.69, 9.17) is 13.9 Å². The van der Waals surface area contributed by atoms with E-state index in [9.17, 15) is 14.7 Å². The van der Waals surface area contributed by atoms with E-state index in [1.807, 2.05) is 13.0 Å². The van der Waals surface area contributed by atoms with Crippen molar-refractivity contribution in [3.63, 3.8) is 0 Å². The summed E-state index contributed by atoms with van der Waals surface area (Å²) in [6, 6.07) is 14.6. The molecule has 35 heavy (non-hydrogen) atoms. The van der Waals surface area contributed by atoms with Gasteiger partial charge in [0, 0.05) is 5.56 Å². The van der Waals surface area contributed by atoms with Crippen molar-refractivity contribution in [1.29, 1.82) is 0 Å². The molecule has 1 N–H and O–H groups in total. The molecule has 0 aliphatic carbocycles. The summed E-state index contributed by atoms with van der Waals surface area (Å²) in [5.41, 5.74) is 0.942. The number of carbonyl (C=O) groups is 2. The van der Waals surface area contributed by atoms with Crippen molar-refractivity contribution < 1.29 is 28.6 Å². The molecule has 0 saturated carbocycles. The third-order valence-electron chi connectivity index (χ3n) is 5.68. The Balaban J connectivity index is 1.68. The van der Waals surface area contributed by atoms with Gasteiger partial charge in [0.15, 0.2) is 5.13 Å². The number of aliphatic hydroxyl groups excluding tert-OH is 1. The van der Waals surface area contributed by atoms with Crippen LogP contribution in [0.4, 0.5) is 5.13 Å². The number of Topliss-reactive ketones (excluding diaryl/α,β-unsaturated/α-hetero) is 1. The highest BCUT2D eigenvalue weighted by Gasteiger charge is 2.49. The zero-order chi connectivity index (χ0) is 24.7. The predicted molar refractivity (Wildman–Crippen MR) is 132 cm³/mol. The van der Waals surface area contributed by atoms with E-state index < -0.39 is 17.7 Å². The van der Waals surface area contributed by atoms with Crippen LogP contribution in [0.1, 0.15) is 30.0 Å². The van der Waals surface area contributed by atoms with E-state index in [2.05, 4.69) is 4.98 Å². The van der Waals surface area contributed by atoms with Gasteiger partial charge in [-0.15, -0.1) is 0 Å². The van der Waals surface area contributed by atoms with Gasteiger partial charge in [-0.3, -0.25) is 14.5 Å². The first-order chi connectivity index (χ1) is 16.9. The molecule has 1 amide bonds. The molecule has 1 aliphatic rings. The molecular weight excluding hydrogens is 468 g/mol. The fraction of sp³-hybridized carbons (Fsp3) is 0.192. The number of hydrogen-bond acceptors (Lipinski definition) is 8. The summed E-state index contributed by atoms with van der Waals surface area (Å²) >= 11 is 1.25. The molecule has 4 aromatic rings. The molecule has 0 spiro atoms. The zero-order valence-electron chi connectivity index (χ0n) is 19.3. The molecule has 8 nitrogen and oxygen atoms in total. The first-order valence-corrected chi connectivity index (χ1v) is 11.8. The molecule has 1 saturated heterocycles. The van der Waals surface area contributed by atoms with Crippen LogP contribution in [-0.2, 0) is 9.59 Å². The average molecular weight is 491 g/mol. The van der Waals surface area contributed by atoms with Crippen LogP contribution in [0.15, 0.2) is 64.6 Å². The summed E-state index contributed by atoms with van der Waals surface area (Å²) in [6.45, 7) is 4.07. The van der Waals surface area contributed by atoms with Gasteiger partial charge in [-0.25, -0.2) is 4.98 Å². The second-order valence-corrected chi connectivity index (χ2v) is 8.92. The molecule has 2 aromatic carbocycles. The van der Waals surface area contributed by atoms with Gasteiger partial charge in [0.25, 0.3) is 5.78 Å². The number of aliphatic hydroxyl groups is 1. The monoisotopic (exact) mass is 490 g/mol. The number of methoxy groups -OCH3 is 1. The SMILES string of the molecule is CCOc1cccc(C(O)=C2C(=O)C(=O)N(c3nc4ccc(OC)cc4s3)C2c2ccc(C)o2)c1. The quantitative estimate of drug-likeness (QED) is 0.224. The molecule has 3 heterocycles. The van der Waals surface area contributed by atoms with Crippen LogP contribution in [0.25, 0.3) is 16.0 Å². The fourth-order valence-corrected chi connectivity index (χ4v) is 5.10. The van der Waals surface area contributed by atoms with Gasteiger partial charge >= 0.3 is 5.91 Å². The topological polar surface area (TPSA) is 102 Å². The van der Waals surface area contributed by atoms with Gasteiger partial charge in [0.2, 0.25) is 0 Å². The van der Waals surface area contributed by atoms with Gasteiger partial charge < -0.3 is 19.0 Å². The molecule has 0 bridgehead atoms. The molecule has 1 unspecified atom stereocenters. The Kier molecular flexibility index (Phi) is 5.78. The number of aromatic nitrogens is 1. The van der Waals surface area contributed by atoms with Gasteiger partial charge in [-0.05, 0) is 56.3 Å². The molecule has 5 rings (SSSR count). The van der Waals surface area contributed by atoms with Gasteiger partial charge in [0.1, 0.15) is 34.8 Å². The standard InChI is InChI=1S/C26H22N2O6S/c1-4-33-17-7-5-6-15(12-17)23(29)21-22(19-11-8-14(2)34-19)28(25(31)24(21)30)26-27-18-10-9-16(32-3)13-20(18)35-26/h5-13,22,29H,4H2,1-3H3. The van der Waals surface area contributed by atoms with E-state index in [1.165, 1.54) is 16.2 Å². The lowest BCUT2D eigenvalue weighted by Gasteiger charge is -2.20. The highest BCUT2D eigenvalue weighted by molar-refractivity contribution is 7.22. The van der Waals surface area contributed by atoms with Crippen LogP contribution < -0.4 is 14.4 Å². The summed E-state index contributed by atoms with van der Waals surface area (Å²) in [7, 11) is 1.57. The van der Waals surface area contributed by atoms with Crippen LogP contribution in [0.5, 0.6) is 11.5 Å². The van der Waals surface area contributed by atoms with Crippen molar-refractivity contribution in [2.24, 2.45) is 0 Å². The number of benzene rings is 2. The van der Waals surface area contributed by atoms with Gasteiger partial charge in [-0.2, -0.15) is 0 Å². The van der Waals surface area contributed by atoms with Gasteiger partial charge in [-0.1, -0.05) is 23.5 Å². The number of amides is 1. The number of ketones is 1. The Labute approximate surface area is 205 Å². The number of carbonyl (C=O) groups excluding carboxylic acids is 2. The number of fused-ring (bicyclic) bond motifs is 1. The maximum absolute atomic E-state index is 13.3. The fourth-order valence-electron chi connectivity index (χ4n) is 4.08. The third-order valence-corrected chi connectivity index (χ3v) is 6.70. The molecule has 9 heteroatoms. The number of thiazole rings is 1. The lowest BCUT2D eigenvalue weighted by Crippen LogP contribution is -2.29. The number of hydrogen-bond donors (Lipinski definition) is 1. The van der Waals surface area contributed by atoms with Crippen LogP contribution in [0, 0.1) is 6.92 Å². The molecule has 1 aliphatic heterocycles. The Hall–Kier alpha value is -4.11. The minimum atomic E-state index is -0.984. The molecular formula is C26H22N2O6S. The van der Waals surface area contributed by atoms with Crippen LogP contribution in [0.2, 0.25) is 0 Å². The van der Waals surface area contributed by atoms with Crippen LogP contribution >= 0.6 is 11.3 Å². The van der Waals surface area contributed by atoms with E-state index >= 15 is 0 Å². The smallest absolute Gasteiger partial charge is 0.302 e. The minimum absolute atomic E-state index is 0.0742. The molecule has 178 valence electrons. The van der Waals surface area contributed by atoms with Gasteiger partial charge in [0.05, 0.1) is 29.5 Å². The van der Waals surface area contributed by atoms with Crippen molar-refractivity contribution in [3.05, 3.63) is 77.3 Å². The lowest BCUT2D eigenvalue weighted by atomic mass is 9.99. The Bertz CT molecular complexity index is 1480. The summed E-state index contributed by atoms with van der Waals surface area (Å²) < 4.78 is 17.5. The average Bonchev–Trinajstić information content (AvgIpc) is 3.54. The van der Waals surface area contributed by atoms with Crippen molar-refractivity contribution in [2.75, 3.05) is 18.6 Å².